The summed E-state index contributed by atoms with van der Waals surface area (Å²) < 4.78 is 7.75. The van der Waals surface area contributed by atoms with E-state index in [2.05, 4.69) is 170 Å². The van der Waals surface area contributed by atoms with Crippen molar-refractivity contribution >= 4 is 85.9 Å². The van der Waals surface area contributed by atoms with Crippen LogP contribution in [0.5, 0.6) is 0 Å². The SMILES string of the molecule is CC1(C)CCC(C)(C)c2cc3c(cc21)c1cc2c(cc1n3-c1ccccc1)c1c3ccccc3ccc1n2-c1cccc2c1sc1ccccc12. The van der Waals surface area contributed by atoms with Crippen LogP contribution in [-0.2, 0) is 10.8 Å². The molecule has 0 amide bonds. The second-order valence-corrected chi connectivity index (χ2v) is 17.1. The molecular weight excluding hydrogens is 637 g/mol. The topological polar surface area (TPSA) is 9.86 Å². The van der Waals surface area contributed by atoms with Crippen LogP contribution in [0.15, 0.2) is 133 Å². The fourth-order valence-corrected chi connectivity index (χ4v) is 10.6. The molecule has 3 heteroatoms. The fourth-order valence-electron chi connectivity index (χ4n) is 9.38. The smallest absolute Gasteiger partial charge is 0.0640 e. The molecule has 0 N–H and O–H groups in total. The Morgan fingerprint density at radius 2 is 1.10 bits per heavy atom. The van der Waals surface area contributed by atoms with E-state index in [9.17, 15) is 0 Å². The number of hydrogen-bond acceptors (Lipinski definition) is 1. The van der Waals surface area contributed by atoms with Gasteiger partial charge < -0.3 is 9.13 Å². The molecule has 51 heavy (non-hydrogen) atoms. The van der Waals surface area contributed by atoms with E-state index < -0.39 is 0 Å². The number of nitrogens with zero attached hydrogens (tertiary/aromatic N) is 2. The van der Waals surface area contributed by atoms with Gasteiger partial charge in [0.1, 0.15) is 0 Å². The maximum Gasteiger partial charge on any atom is 0.0640 e. The van der Waals surface area contributed by atoms with Gasteiger partial charge in [-0.3, -0.25) is 0 Å². The zero-order valence-electron chi connectivity index (χ0n) is 29.4. The molecule has 1 aliphatic carbocycles. The van der Waals surface area contributed by atoms with E-state index in [0.29, 0.717) is 0 Å². The molecule has 0 saturated heterocycles. The van der Waals surface area contributed by atoms with Crippen molar-refractivity contribution in [2.24, 2.45) is 0 Å². The van der Waals surface area contributed by atoms with Gasteiger partial charge in [0.15, 0.2) is 0 Å². The molecule has 3 heterocycles. The van der Waals surface area contributed by atoms with Crippen LogP contribution in [0.25, 0.3) is 85.9 Å². The highest BCUT2D eigenvalue weighted by Gasteiger charge is 2.38. The number of hydrogen-bond donors (Lipinski definition) is 0. The van der Waals surface area contributed by atoms with Crippen LogP contribution in [-0.4, -0.2) is 9.13 Å². The minimum atomic E-state index is 0.120. The summed E-state index contributed by atoms with van der Waals surface area (Å²) in [4.78, 5) is 0. The summed E-state index contributed by atoms with van der Waals surface area (Å²) in [5.74, 6) is 0. The van der Waals surface area contributed by atoms with Gasteiger partial charge in [-0.05, 0) is 100 Å². The highest BCUT2D eigenvalue weighted by molar-refractivity contribution is 7.26. The highest BCUT2D eigenvalue weighted by Crippen LogP contribution is 2.50. The summed E-state index contributed by atoms with van der Waals surface area (Å²) in [6.07, 6.45) is 2.39. The van der Waals surface area contributed by atoms with Gasteiger partial charge in [-0.1, -0.05) is 107 Å². The third-order valence-electron chi connectivity index (χ3n) is 12.2. The molecule has 7 aromatic carbocycles. The van der Waals surface area contributed by atoms with Crippen molar-refractivity contribution in [2.45, 2.75) is 51.4 Å². The predicted octanol–water partition coefficient (Wildman–Crippen LogP) is 13.8. The molecule has 0 saturated carbocycles. The number of aromatic nitrogens is 2. The summed E-state index contributed by atoms with van der Waals surface area (Å²) in [5, 5.41) is 10.5. The zero-order chi connectivity index (χ0) is 34.2. The fraction of sp³-hybridized carbons (Fsp3) is 0.167. The molecule has 0 unspecified atom stereocenters. The molecule has 1 aliphatic rings. The lowest BCUT2D eigenvalue weighted by Gasteiger charge is -2.42. The van der Waals surface area contributed by atoms with E-state index in [1.807, 2.05) is 11.3 Å². The van der Waals surface area contributed by atoms with E-state index in [1.54, 1.807) is 0 Å². The molecule has 0 atom stereocenters. The molecule has 0 aliphatic heterocycles. The quantitative estimate of drug-likeness (QED) is 0.173. The predicted molar refractivity (Wildman–Crippen MR) is 221 cm³/mol. The molecular formula is C48H38N2S. The van der Waals surface area contributed by atoms with Crippen molar-refractivity contribution < 1.29 is 0 Å². The number of fused-ring (bicyclic) bond motifs is 12. The molecule has 0 fully saturated rings. The highest BCUT2D eigenvalue weighted by atomic mass is 32.1. The summed E-state index contributed by atoms with van der Waals surface area (Å²) in [5.41, 5.74) is 10.7. The number of thiophene rings is 1. The molecule has 0 bridgehead atoms. The van der Waals surface area contributed by atoms with E-state index in [-0.39, 0.29) is 10.8 Å². The molecule has 10 aromatic rings. The Morgan fingerprint density at radius 1 is 0.471 bits per heavy atom. The van der Waals surface area contributed by atoms with Crippen LogP contribution in [0, 0.1) is 0 Å². The van der Waals surface area contributed by atoms with Crippen LogP contribution in [0.3, 0.4) is 0 Å². The van der Waals surface area contributed by atoms with Gasteiger partial charge in [-0.25, -0.2) is 0 Å². The average Bonchev–Trinajstić information content (AvgIpc) is 3.80. The van der Waals surface area contributed by atoms with Crippen molar-refractivity contribution in [3.05, 3.63) is 145 Å². The Bertz CT molecular complexity index is 3080. The van der Waals surface area contributed by atoms with Crippen LogP contribution in [0.1, 0.15) is 51.7 Å². The third kappa shape index (κ3) is 3.98. The summed E-state index contributed by atoms with van der Waals surface area (Å²) in [6, 6.07) is 50.3. The number of para-hydroxylation sites is 1. The average molecular weight is 675 g/mol. The first-order valence-electron chi connectivity index (χ1n) is 18.2. The van der Waals surface area contributed by atoms with Crippen molar-refractivity contribution in [1.29, 1.82) is 0 Å². The lowest BCUT2D eigenvalue weighted by Crippen LogP contribution is -2.33. The lowest BCUT2D eigenvalue weighted by atomic mass is 9.63. The molecule has 246 valence electrons. The molecule has 11 rings (SSSR count). The normalized spacial score (nSPS) is 15.6. The van der Waals surface area contributed by atoms with Gasteiger partial charge in [0.25, 0.3) is 0 Å². The van der Waals surface area contributed by atoms with Gasteiger partial charge in [-0.15, -0.1) is 11.3 Å². The second kappa shape index (κ2) is 10.1. The maximum absolute atomic E-state index is 2.56. The lowest BCUT2D eigenvalue weighted by molar-refractivity contribution is 0.332. The maximum atomic E-state index is 2.56. The van der Waals surface area contributed by atoms with Crippen LogP contribution < -0.4 is 0 Å². The molecule has 3 aromatic heterocycles. The van der Waals surface area contributed by atoms with Gasteiger partial charge in [0.2, 0.25) is 0 Å². The van der Waals surface area contributed by atoms with E-state index >= 15 is 0 Å². The Morgan fingerprint density at radius 3 is 1.92 bits per heavy atom. The Kier molecular flexibility index (Phi) is 5.82. The van der Waals surface area contributed by atoms with Crippen LogP contribution >= 0.6 is 11.3 Å². The Labute approximate surface area is 301 Å². The van der Waals surface area contributed by atoms with E-state index in [4.69, 9.17) is 0 Å². The van der Waals surface area contributed by atoms with Gasteiger partial charge in [0.05, 0.1) is 32.5 Å². The first kappa shape index (κ1) is 29.4. The molecule has 0 spiro atoms. The minimum absolute atomic E-state index is 0.120. The van der Waals surface area contributed by atoms with Crippen LogP contribution in [0.4, 0.5) is 0 Å². The summed E-state index contributed by atoms with van der Waals surface area (Å²) >= 11 is 1.90. The second-order valence-electron chi connectivity index (χ2n) is 16.0. The summed E-state index contributed by atoms with van der Waals surface area (Å²) in [6.45, 7) is 9.75. The molecule has 2 nitrogen and oxygen atoms in total. The van der Waals surface area contributed by atoms with Gasteiger partial charge >= 0.3 is 0 Å². The Balaban J connectivity index is 1.36. The largest absolute Gasteiger partial charge is 0.309 e. The Hall–Kier alpha value is -5.38. The van der Waals surface area contributed by atoms with Gasteiger partial charge in [-0.2, -0.15) is 0 Å². The van der Waals surface area contributed by atoms with Gasteiger partial charge in [0, 0.05) is 42.7 Å². The standard InChI is InChI=1S/C48H38N2S/c1-47(2)23-24-48(3,4)38-28-43-34(25-37(38)47)35-26-42-36(27-41(35)49(43)30-14-6-5-7-15-30)45-31-16-9-8-13-29(31)21-22-39(45)50(42)40-19-12-18-33-32-17-10-11-20-44(32)51-46(33)40/h5-22,25-28H,23-24H2,1-4H3. The van der Waals surface area contributed by atoms with Crippen molar-refractivity contribution in [2.75, 3.05) is 0 Å². The third-order valence-corrected chi connectivity index (χ3v) is 13.4. The summed E-state index contributed by atoms with van der Waals surface area (Å²) in [7, 11) is 0. The first-order valence-corrected chi connectivity index (χ1v) is 19.1. The number of benzene rings is 7. The van der Waals surface area contributed by atoms with Crippen molar-refractivity contribution in [1.82, 2.24) is 9.13 Å². The monoisotopic (exact) mass is 674 g/mol. The first-order chi connectivity index (χ1) is 24.8. The van der Waals surface area contributed by atoms with E-state index in [1.165, 1.54) is 110 Å². The van der Waals surface area contributed by atoms with E-state index in [0.717, 1.165) is 0 Å². The van der Waals surface area contributed by atoms with Crippen molar-refractivity contribution in [3.8, 4) is 11.4 Å². The minimum Gasteiger partial charge on any atom is -0.309 e. The van der Waals surface area contributed by atoms with Crippen LogP contribution in [0.2, 0.25) is 0 Å². The number of rotatable bonds is 2. The zero-order valence-corrected chi connectivity index (χ0v) is 30.2. The van der Waals surface area contributed by atoms with Crippen molar-refractivity contribution in [3.63, 3.8) is 0 Å². The molecule has 0 radical (unpaired) electrons.